The second-order valence-corrected chi connectivity index (χ2v) is 4.77. The van der Waals surface area contributed by atoms with Gasteiger partial charge in [-0.05, 0) is 18.6 Å². The van der Waals surface area contributed by atoms with Gasteiger partial charge in [-0.25, -0.2) is 0 Å². The molecule has 0 aliphatic carbocycles. The van der Waals surface area contributed by atoms with E-state index in [1.165, 1.54) is 0 Å². The Labute approximate surface area is 129 Å². The standard InChI is InChI=1S/C14H20ClN3O3/c1-2-10(21-12-6-4-3-5-11(12)15)8-17-14(20)9-18-13(19)7-16/h3-6,10H,2,7-9,16H2,1H3,(H,17,20)(H,18,19). The number of hydrogen-bond acceptors (Lipinski definition) is 4. The van der Waals surface area contributed by atoms with Crippen LogP contribution in [-0.4, -0.2) is 37.6 Å². The molecule has 0 bridgehead atoms. The first-order valence-electron chi connectivity index (χ1n) is 6.71. The van der Waals surface area contributed by atoms with Gasteiger partial charge in [-0.3, -0.25) is 9.59 Å². The zero-order valence-corrected chi connectivity index (χ0v) is 12.7. The molecule has 1 atom stereocenters. The maximum atomic E-state index is 11.6. The van der Waals surface area contributed by atoms with Gasteiger partial charge in [0.2, 0.25) is 11.8 Å². The Bertz CT molecular complexity index is 482. The number of halogens is 1. The number of ether oxygens (including phenoxy) is 1. The summed E-state index contributed by atoms with van der Waals surface area (Å²) in [5.41, 5.74) is 5.13. The van der Waals surface area contributed by atoms with E-state index in [4.69, 9.17) is 22.1 Å². The van der Waals surface area contributed by atoms with Gasteiger partial charge in [-0.2, -0.15) is 0 Å². The lowest BCUT2D eigenvalue weighted by atomic mass is 10.2. The largest absolute Gasteiger partial charge is 0.487 e. The van der Waals surface area contributed by atoms with Gasteiger partial charge in [-0.15, -0.1) is 0 Å². The Kier molecular flexibility index (Phi) is 7.56. The van der Waals surface area contributed by atoms with Crippen LogP contribution in [0.3, 0.4) is 0 Å². The van der Waals surface area contributed by atoms with Gasteiger partial charge in [0.25, 0.3) is 0 Å². The minimum absolute atomic E-state index is 0.0987. The molecule has 0 fully saturated rings. The highest BCUT2D eigenvalue weighted by molar-refractivity contribution is 6.32. The van der Waals surface area contributed by atoms with E-state index in [9.17, 15) is 9.59 Å². The fourth-order valence-corrected chi connectivity index (χ4v) is 1.71. The van der Waals surface area contributed by atoms with Gasteiger partial charge in [-0.1, -0.05) is 30.7 Å². The molecule has 1 aromatic rings. The molecule has 0 spiro atoms. The zero-order chi connectivity index (χ0) is 15.7. The van der Waals surface area contributed by atoms with Crippen molar-refractivity contribution in [2.45, 2.75) is 19.4 Å². The average molecular weight is 314 g/mol. The van der Waals surface area contributed by atoms with Gasteiger partial charge in [0.1, 0.15) is 11.9 Å². The average Bonchev–Trinajstić information content (AvgIpc) is 2.50. The molecule has 0 radical (unpaired) electrons. The Morgan fingerprint density at radius 1 is 1.29 bits per heavy atom. The van der Waals surface area contributed by atoms with Gasteiger partial charge in [0.15, 0.2) is 0 Å². The predicted molar refractivity (Wildman–Crippen MR) is 81.2 cm³/mol. The SMILES string of the molecule is CCC(CNC(=O)CNC(=O)CN)Oc1ccccc1Cl. The highest BCUT2D eigenvalue weighted by Gasteiger charge is 2.12. The van der Waals surface area contributed by atoms with E-state index >= 15 is 0 Å². The molecule has 7 heteroatoms. The van der Waals surface area contributed by atoms with Gasteiger partial charge < -0.3 is 21.1 Å². The molecular formula is C14H20ClN3O3. The molecule has 0 saturated heterocycles. The molecule has 2 amide bonds. The first-order chi connectivity index (χ1) is 10.1. The Hall–Kier alpha value is -1.79. The van der Waals surface area contributed by atoms with Crippen molar-refractivity contribution < 1.29 is 14.3 Å². The summed E-state index contributed by atoms with van der Waals surface area (Å²) in [5, 5.41) is 5.61. The van der Waals surface area contributed by atoms with Crippen LogP contribution in [0.1, 0.15) is 13.3 Å². The van der Waals surface area contributed by atoms with Crippen molar-refractivity contribution in [2.75, 3.05) is 19.6 Å². The first-order valence-corrected chi connectivity index (χ1v) is 7.09. The summed E-state index contributed by atoms with van der Waals surface area (Å²) < 4.78 is 5.74. The zero-order valence-electron chi connectivity index (χ0n) is 11.9. The summed E-state index contributed by atoms with van der Waals surface area (Å²) in [6.45, 7) is 2.04. The maximum Gasteiger partial charge on any atom is 0.239 e. The first kappa shape index (κ1) is 17.3. The van der Waals surface area contributed by atoms with E-state index in [-0.39, 0.29) is 31.0 Å². The topological polar surface area (TPSA) is 93.5 Å². The van der Waals surface area contributed by atoms with E-state index < -0.39 is 0 Å². The number of nitrogens with one attached hydrogen (secondary N) is 2. The van der Waals surface area contributed by atoms with Crippen molar-refractivity contribution in [3.63, 3.8) is 0 Å². The summed E-state index contributed by atoms with van der Waals surface area (Å²) in [4.78, 5) is 22.5. The smallest absolute Gasteiger partial charge is 0.239 e. The highest BCUT2D eigenvalue weighted by Crippen LogP contribution is 2.24. The summed E-state index contributed by atoms with van der Waals surface area (Å²) in [5.74, 6) is -0.0841. The second-order valence-electron chi connectivity index (χ2n) is 4.36. The van der Waals surface area contributed by atoms with Gasteiger partial charge in [0.05, 0.1) is 24.7 Å². The number of para-hydroxylation sites is 1. The van der Waals surface area contributed by atoms with Crippen molar-refractivity contribution in [3.8, 4) is 5.75 Å². The molecule has 0 saturated carbocycles. The summed E-state index contributed by atoms with van der Waals surface area (Å²) in [6, 6.07) is 7.16. The molecule has 1 rings (SSSR count). The van der Waals surface area contributed by atoms with Crippen molar-refractivity contribution >= 4 is 23.4 Å². The molecule has 116 valence electrons. The lowest BCUT2D eigenvalue weighted by Gasteiger charge is -2.19. The van der Waals surface area contributed by atoms with E-state index in [0.717, 1.165) is 0 Å². The van der Waals surface area contributed by atoms with Crippen LogP contribution in [0.15, 0.2) is 24.3 Å². The van der Waals surface area contributed by atoms with Gasteiger partial charge >= 0.3 is 0 Å². The molecular weight excluding hydrogens is 294 g/mol. The van der Waals surface area contributed by atoms with E-state index in [0.29, 0.717) is 23.7 Å². The van der Waals surface area contributed by atoms with E-state index in [2.05, 4.69) is 10.6 Å². The number of nitrogens with two attached hydrogens (primary N) is 1. The highest BCUT2D eigenvalue weighted by atomic mass is 35.5. The van der Waals surface area contributed by atoms with Gasteiger partial charge in [0, 0.05) is 0 Å². The number of carbonyl (C=O) groups excluding carboxylic acids is 2. The normalized spacial score (nSPS) is 11.6. The maximum absolute atomic E-state index is 11.6. The molecule has 6 nitrogen and oxygen atoms in total. The van der Waals surface area contributed by atoms with Crippen molar-refractivity contribution in [1.29, 1.82) is 0 Å². The third-order valence-corrected chi connectivity index (χ3v) is 3.06. The van der Waals surface area contributed by atoms with E-state index in [1.807, 2.05) is 19.1 Å². The predicted octanol–water partition coefficient (Wildman–Crippen LogP) is 0.689. The number of rotatable bonds is 8. The quantitative estimate of drug-likeness (QED) is 0.658. The third-order valence-electron chi connectivity index (χ3n) is 2.74. The minimum Gasteiger partial charge on any atom is -0.487 e. The summed E-state index contributed by atoms with van der Waals surface area (Å²) in [6.07, 6.45) is 0.514. The second kappa shape index (κ2) is 9.20. The van der Waals surface area contributed by atoms with Crippen LogP contribution in [0, 0.1) is 0 Å². The lowest BCUT2D eigenvalue weighted by Crippen LogP contribution is -2.42. The number of benzene rings is 1. The lowest BCUT2D eigenvalue weighted by molar-refractivity contribution is -0.125. The number of carbonyl (C=O) groups is 2. The molecule has 21 heavy (non-hydrogen) atoms. The van der Waals surface area contributed by atoms with Crippen LogP contribution in [-0.2, 0) is 9.59 Å². The molecule has 0 aliphatic heterocycles. The van der Waals surface area contributed by atoms with Crippen LogP contribution in [0.25, 0.3) is 0 Å². The van der Waals surface area contributed by atoms with E-state index in [1.54, 1.807) is 12.1 Å². The molecule has 1 aromatic carbocycles. The molecule has 0 heterocycles. The monoisotopic (exact) mass is 313 g/mol. The Balaban J connectivity index is 2.39. The van der Waals surface area contributed by atoms with Crippen LogP contribution < -0.4 is 21.1 Å². The van der Waals surface area contributed by atoms with Crippen LogP contribution in [0.2, 0.25) is 5.02 Å². The third kappa shape index (κ3) is 6.46. The summed E-state index contributed by atoms with van der Waals surface area (Å²) >= 11 is 6.02. The van der Waals surface area contributed by atoms with Crippen molar-refractivity contribution in [3.05, 3.63) is 29.3 Å². The number of amides is 2. The van der Waals surface area contributed by atoms with Crippen LogP contribution in [0.5, 0.6) is 5.75 Å². The Morgan fingerprint density at radius 2 is 2.00 bits per heavy atom. The molecule has 1 unspecified atom stereocenters. The summed E-state index contributed by atoms with van der Waals surface area (Å²) in [7, 11) is 0. The van der Waals surface area contributed by atoms with Crippen molar-refractivity contribution in [1.82, 2.24) is 10.6 Å². The Morgan fingerprint density at radius 3 is 2.62 bits per heavy atom. The molecule has 4 N–H and O–H groups in total. The fraction of sp³-hybridized carbons (Fsp3) is 0.429. The number of hydrogen-bond donors (Lipinski definition) is 3. The fourth-order valence-electron chi connectivity index (χ4n) is 1.53. The minimum atomic E-state index is -0.371. The van der Waals surface area contributed by atoms with Crippen LogP contribution in [0.4, 0.5) is 0 Å². The van der Waals surface area contributed by atoms with Crippen molar-refractivity contribution in [2.24, 2.45) is 5.73 Å². The molecule has 0 aliphatic rings. The molecule has 0 aromatic heterocycles. The van der Waals surface area contributed by atoms with Crippen LogP contribution >= 0.6 is 11.6 Å².